The number of benzene rings is 3. The maximum atomic E-state index is 12.2. The number of fused-ring (bicyclic) bond motifs is 3. The maximum absolute atomic E-state index is 12.2. The molecule has 2 aromatic carbocycles. The van der Waals surface area contributed by atoms with E-state index in [1.54, 1.807) is 24.3 Å². The van der Waals surface area contributed by atoms with Crippen LogP contribution in [0.25, 0.3) is 33.4 Å². The molecule has 0 unspecified atom stereocenters. The molecule has 0 aromatic heterocycles. The first-order valence-electron chi connectivity index (χ1n) is 11.1. The molecule has 3 N–H and O–H groups in total. The van der Waals surface area contributed by atoms with Gasteiger partial charge >= 0.3 is 0 Å². The Morgan fingerprint density at radius 2 is 1.79 bits per heavy atom. The van der Waals surface area contributed by atoms with Crippen molar-refractivity contribution in [2.75, 3.05) is 18.0 Å². The van der Waals surface area contributed by atoms with Crippen LogP contribution >= 0.6 is 0 Å². The molecule has 0 radical (unpaired) electrons. The van der Waals surface area contributed by atoms with Crippen LogP contribution in [0.2, 0.25) is 0 Å². The van der Waals surface area contributed by atoms with Crippen molar-refractivity contribution >= 4 is 26.8 Å². The molecular formula is C25H23N3O4S. The van der Waals surface area contributed by atoms with Gasteiger partial charge < -0.3 is 13.9 Å². The van der Waals surface area contributed by atoms with Crippen molar-refractivity contribution in [3.8, 4) is 22.5 Å². The third kappa shape index (κ3) is 3.13. The smallest absolute Gasteiger partial charge is 0.229 e. The molecule has 1 aliphatic carbocycles. The number of nitrogens with two attached hydrogens (primary N) is 1. The molecule has 0 amide bonds. The number of hydrogen-bond donors (Lipinski definition) is 2. The lowest BCUT2D eigenvalue weighted by atomic mass is 9.86. The minimum absolute atomic E-state index is 0.229. The molecule has 6 rings (SSSR count). The summed E-state index contributed by atoms with van der Waals surface area (Å²) in [7, 11) is -4.68. The van der Waals surface area contributed by atoms with Crippen molar-refractivity contribution < 1.29 is 22.5 Å². The lowest BCUT2D eigenvalue weighted by Crippen LogP contribution is -2.83. The van der Waals surface area contributed by atoms with Crippen LogP contribution in [0.15, 0.2) is 57.8 Å². The molecule has 33 heavy (non-hydrogen) atoms. The quantitative estimate of drug-likeness (QED) is 0.203. The normalized spacial score (nSPS) is 16.4. The van der Waals surface area contributed by atoms with Crippen LogP contribution < -0.4 is 21.2 Å². The second kappa shape index (κ2) is 7.33. The van der Waals surface area contributed by atoms with Gasteiger partial charge in [0.1, 0.15) is 21.5 Å². The number of hydrazine groups is 1. The fraction of sp³-hybridized carbons (Fsp3) is 0.240. The van der Waals surface area contributed by atoms with Gasteiger partial charge in [0, 0.05) is 52.5 Å². The van der Waals surface area contributed by atoms with E-state index in [0.717, 1.165) is 60.9 Å². The fourth-order valence-corrected chi connectivity index (χ4v) is 6.16. The largest absolute Gasteiger partial charge is 0.744 e. The van der Waals surface area contributed by atoms with E-state index in [1.165, 1.54) is 17.3 Å². The predicted octanol–water partition coefficient (Wildman–Crippen LogP) is 1.66. The number of nitrogens with one attached hydrogen (secondary N) is 1. The van der Waals surface area contributed by atoms with E-state index in [1.807, 2.05) is 12.1 Å². The van der Waals surface area contributed by atoms with Gasteiger partial charge in [-0.15, -0.1) is 5.10 Å². The number of hydrogen-bond acceptors (Lipinski definition) is 6. The molecule has 0 saturated heterocycles. The summed E-state index contributed by atoms with van der Waals surface area (Å²) in [6, 6.07) is 14.0. The fourth-order valence-electron chi connectivity index (χ4n) is 5.47. The number of nitrogens with zero attached hydrogens (tertiary/aromatic N) is 1. The summed E-state index contributed by atoms with van der Waals surface area (Å²) < 4.78 is 43.1. The monoisotopic (exact) mass is 461 g/mol. The summed E-state index contributed by atoms with van der Waals surface area (Å²) in [6.45, 7) is 2.06. The second-order valence-corrected chi connectivity index (χ2v) is 10.1. The molecule has 7 nitrogen and oxygen atoms in total. The summed E-state index contributed by atoms with van der Waals surface area (Å²) in [5, 5.41) is 4.16. The summed E-state index contributed by atoms with van der Waals surface area (Å²) >= 11 is 0. The maximum Gasteiger partial charge on any atom is 0.229 e. The van der Waals surface area contributed by atoms with Gasteiger partial charge in [0.15, 0.2) is 0 Å². The molecule has 4 aliphatic rings. The first kappa shape index (κ1) is 20.3. The molecule has 0 saturated carbocycles. The van der Waals surface area contributed by atoms with E-state index < -0.39 is 10.1 Å². The van der Waals surface area contributed by atoms with Crippen molar-refractivity contribution in [2.45, 2.75) is 30.6 Å². The van der Waals surface area contributed by atoms with Crippen LogP contribution in [-0.4, -0.2) is 26.1 Å². The third-order valence-corrected chi connectivity index (χ3v) is 7.69. The van der Waals surface area contributed by atoms with Gasteiger partial charge in [0.05, 0.1) is 11.0 Å². The van der Waals surface area contributed by atoms with E-state index in [0.29, 0.717) is 22.2 Å². The molecule has 2 aromatic rings. The summed E-state index contributed by atoms with van der Waals surface area (Å²) in [4.78, 5) is 2.21. The van der Waals surface area contributed by atoms with Gasteiger partial charge in [-0.3, -0.25) is 0 Å². The Bertz CT molecular complexity index is 1570. The second-order valence-electron chi connectivity index (χ2n) is 8.72. The SMILES string of the molecule is N/[NH+]=c1\ccc2c(-c3ccccc3S(=O)(=O)[O-])c3cc4c5c(c3oc-2c1)CCCN5CCC4. The lowest BCUT2D eigenvalue weighted by Gasteiger charge is -2.37. The zero-order valence-corrected chi connectivity index (χ0v) is 18.7. The predicted molar refractivity (Wildman–Crippen MR) is 123 cm³/mol. The van der Waals surface area contributed by atoms with E-state index in [-0.39, 0.29) is 4.90 Å². The highest BCUT2D eigenvalue weighted by molar-refractivity contribution is 7.85. The van der Waals surface area contributed by atoms with Crippen LogP contribution in [0.1, 0.15) is 24.0 Å². The Kier molecular flexibility index (Phi) is 4.50. The molecule has 0 atom stereocenters. The molecule has 0 fully saturated rings. The van der Waals surface area contributed by atoms with E-state index >= 15 is 0 Å². The highest BCUT2D eigenvalue weighted by Gasteiger charge is 2.30. The van der Waals surface area contributed by atoms with E-state index in [9.17, 15) is 13.0 Å². The van der Waals surface area contributed by atoms with Crippen LogP contribution in [0.3, 0.4) is 0 Å². The first-order chi connectivity index (χ1) is 16.0. The van der Waals surface area contributed by atoms with Gasteiger partial charge in [0.2, 0.25) is 5.36 Å². The molecular weight excluding hydrogens is 438 g/mol. The Balaban J connectivity index is 1.82. The van der Waals surface area contributed by atoms with Gasteiger partial charge in [-0.25, -0.2) is 14.3 Å². The van der Waals surface area contributed by atoms with Gasteiger partial charge in [-0.05, 0) is 49.4 Å². The van der Waals surface area contributed by atoms with Gasteiger partial charge in [0.25, 0.3) is 0 Å². The third-order valence-electron chi connectivity index (χ3n) is 6.80. The topological polar surface area (TPSA) is 114 Å². The van der Waals surface area contributed by atoms with Crippen molar-refractivity contribution in [3.63, 3.8) is 0 Å². The summed E-state index contributed by atoms with van der Waals surface area (Å²) in [6.07, 6.45) is 3.96. The minimum Gasteiger partial charge on any atom is -0.744 e. The molecule has 0 bridgehead atoms. The molecule has 0 spiro atoms. The van der Waals surface area contributed by atoms with Crippen LogP contribution in [0.5, 0.6) is 0 Å². The highest BCUT2D eigenvalue weighted by atomic mass is 32.2. The molecule has 8 heteroatoms. The Morgan fingerprint density at radius 1 is 1.00 bits per heavy atom. The van der Waals surface area contributed by atoms with Crippen molar-refractivity contribution in [1.29, 1.82) is 0 Å². The van der Waals surface area contributed by atoms with Crippen LogP contribution in [0, 0.1) is 0 Å². The highest BCUT2D eigenvalue weighted by Crippen LogP contribution is 2.47. The molecule has 168 valence electrons. The minimum atomic E-state index is -4.68. The van der Waals surface area contributed by atoms with Crippen LogP contribution in [-0.2, 0) is 23.0 Å². The summed E-state index contributed by atoms with van der Waals surface area (Å²) in [5.41, 5.74) is 6.23. The zero-order valence-electron chi connectivity index (χ0n) is 17.9. The van der Waals surface area contributed by atoms with Gasteiger partial charge in [-0.1, -0.05) is 18.2 Å². The lowest BCUT2D eigenvalue weighted by molar-refractivity contribution is -0.512. The van der Waals surface area contributed by atoms with Crippen molar-refractivity contribution in [3.05, 3.63) is 65.0 Å². The van der Waals surface area contributed by atoms with Crippen LogP contribution in [0.4, 0.5) is 5.69 Å². The Labute approximate surface area is 191 Å². The Morgan fingerprint density at radius 3 is 2.58 bits per heavy atom. The number of aryl methyl sites for hydroxylation is 2. The van der Waals surface area contributed by atoms with Crippen molar-refractivity contribution in [2.24, 2.45) is 5.84 Å². The van der Waals surface area contributed by atoms with Crippen molar-refractivity contribution in [1.82, 2.24) is 0 Å². The van der Waals surface area contributed by atoms with Gasteiger partial charge in [-0.2, -0.15) is 0 Å². The zero-order chi connectivity index (χ0) is 22.7. The Hall–Kier alpha value is -3.36. The molecule has 3 heterocycles. The average molecular weight is 462 g/mol. The average Bonchev–Trinajstić information content (AvgIpc) is 2.82. The number of anilines is 1. The summed E-state index contributed by atoms with van der Waals surface area (Å²) in [5.74, 6) is 6.22. The first-order valence-corrected chi connectivity index (χ1v) is 12.5. The van der Waals surface area contributed by atoms with E-state index in [2.05, 4.69) is 16.1 Å². The standard InChI is InChI=1S/C25H23N3O4S/c26-27-16-9-10-17-21(14-16)32-25-19-7-4-12-28-11-3-5-15(24(19)28)13-20(25)23(17)18-6-1-2-8-22(18)33(29,30)31/h1-2,6,8-10,13-14H,3-5,7,11-12,26H2,(H,29,30,31)/b27-16+. The molecule has 3 aliphatic heterocycles. The number of rotatable bonds is 2. The van der Waals surface area contributed by atoms with E-state index in [4.69, 9.17) is 10.3 Å².